The minimum absolute atomic E-state index is 0.0748. The summed E-state index contributed by atoms with van der Waals surface area (Å²) >= 11 is 0. The fraction of sp³-hybridized carbons (Fsp3) is 0.846. The molecule has 0 aromatic rings. The van der Waals surface area contributed by atoms with E-state index in [2.05, 4.69) is 10.3 Å². The van der Waals surface area contributed by atoms with Crippen molar-refractivity contribution in [3.05, 3.63) is 0 Å². The second-order valence-corrected chi connectivity index (χ2v) is 5.67. The summed E-state index contributed by atoms with van der Waals surface area (Å²) in [4.78, 5) is 27.5. The smallest absolute Gasteiger partial charge is 0.237 e. The average Bonchev–Trinajstić information content (AvgIpc) is 2.49. The Balaban J connectivity index is 1.73. The first-order valence-electron chi connectivity index (χ1n) is 7.29. The van der Waals surface area contributed by atoms with Gasteiger partial charge in [-0.05, 0) is 25.7 Å². The Morgan fingerprint density at radius 3 is 2.25 bits per heavy atom. The molecular formula is C13H24N4O3. The molecule has 2 heterocycles. The van der Waals surface area contributed by atoms with Crippen LogP contribution in [0.3, 0.4) is 0 Å². The van der Waals surface area contributed by atoms with Gasteiger partial charge in [0.2, 0.25) is 11.8 Å². The third-order valence-electron chi connectivity index (χ3n) is 4.28. The van der Waals surface area contributed by atoms with Gasteiger partial charge in [0.05, 0.1) is 12.6 Å². The van der Waals surface area contributed by atoms with E-state index in [1.807, 2.05) is 4.90 Å². The first-order chi connectivity index (χ1) is 9.60. The number of likely N-dealkylation sites (tertiary alicyclic amines) is 2. The number of nitrogens with two attached hydrogens (primary N) is 1. The van der Waals surface area contributed by atoms with Gasteiger partial charge in [-0.25, -0.2) is 5.84 Å². The molecular weight excluding hydrogens is 260 g/mol. The van der Waals surface area contributed by atoms with Gasteiger partial charge in [-0.1, -0.05) is 0 Å². The highest BCUT2D eigenvalue weighted by Gasteiger charge is 2.28. The summed E-state index contributed by atoms with van der Waals surface area (Å²) in [6, 6.07) is 0. The molecule has 0 aliphatic carbocycles. The van der Waals surface area contributed by atoms with E-state index in [1.165, 1.54) is 0 Å². The Labute approximate surface area is 119 Å². The molecule has 0 radical (unpaired) electrons. The summed E-state index contributed by atoms with van der Waals surface area (Å²) in [5.74, 6) is 5.03. The van der Waals surface area contributed by atoms with E-state index in [4.69, 9.17) is 5.84 Å². The van der Waals surface area contributed by atoms with E-state index in [0.717, 1.165) is 25.9 Å². The summed E-state index contributed by atoms with van der Waals surface area (Å²) in [5.41, 5.74) is 2.17. The van der Waals surface area contributed by atoms with Crippen molar-refractivity contribution in [3.63, 3.8) is 0 Å². The lowest BCUT2D eigenvalue weighted by Gasteiger charge is -2.34. The van der Waals surface area contributed by atoms with E-state index in [-0.39, 0.29) is 23.8 Å². The van der Waals surface area contributed by atoms with Crippen LogP contribution in [-0.4, -0.2) is 65.5 Å². The minimum Gasteiger partial charge on any atom is -0.393 e. The van der Waals surface area contributed by atoms with Gasteiger partial charge < -0.3 is 10.0 Å². The molecule has 0 saturated carbocycles. The summed E-state index contributed by atoms with van der Waals surface area (Å²) in [6.07, 6.45) is 2.62. The number of nitrogens with zero attached hydrogens (tertiary/aromatic N) is 2. The zero-order chi connectivity index (χ0) is 14.5. The van der Waals surface area contributed by atoms with Gasteiger partial charge in [-0.15, -0.1) is 0 Å². The lowest BCUT2D eigenvalue weighted by molar-refractivity contribution is -0.137. The van der Waals surface area contributed by atoms with Crippen molar-refractivity contribution in [1.82, 2.24) is 15.2 Å². The number of carbonyl (C=O) groups excluding carboxylic acids is 2. The van der Waals surface area contributed by atoms with Crippen LogP contribution in [0.2, 0.25) is 0 Å². The summed E-state index contributed by atoms with van der Waals surface area (Å²) in [7, 11) is 0. The maximum absolute atomic E-state index is 12.2. The zero-order valence-corrected chi connectivity index (χ0v) is 11.8. The number of amides is 2. The standard InChI is InChI=1S/C13H24N4O3/c14-15-13(20)10-1-7-17(8-2-10)12(19)9-16-5-3-11(18)4-6-16/h10-11,18H,1-9,14H2,(H,15,20). The maximum Gasteiger partial charge on any atom is 0.237 e. The molecule has 2 aliphatic rings. The molecule has 0 aromatic heterocycles. The molecule has 0 aromatic carbocycles. The monoisotopic (exact) mass is 284 g/mol. The van der Waals surface area contributed by atoms with Crippen LogP contribution >= 0.6 is 0 Å². The van der Waals surface area contributed by atoms with Crippen molar-refractivity contribution >= 4 is 11.8 Å². The number of rotatable bonds is 3. The number of hydrogen-bond acceptors (Lipinski definition) is 5. The van der Waals surface area contributed by atoms with Crippen LogP contribution in [0, 0.1) is 5.92 Å². The van der Waals surface area contributed by atoms with Crippen LogP contribution in [0.25, 0.3) is 0 Å². The number of hydrazine groups is 1. The van der Waals surface area contributed by atoms with Crippen LogP contribution in [0.5, 0.6) is 0 Å². The number of hydrogen-bond donors (Lipinski definition) is 3. The molecule has 2 aliphatic heterocycles. The van der Waals surface area contributed by atoms with E-state index < -0.39 is 0 Å². The predicted octanol–water partition coefficient (Wildman–Crippen LogP) is -1.33. The van der Waals surface area contributed by atoms with Gasteiger partial charge in [0, 0.05) is 32.1 Å². The highest BCUT2D eigenvalue weighted by atomic mass is 16.3. The normalized spacial score (nSPS) is 22.8. The highest BCUT2D eigenvalue weighted by molar-refractivity contribution is 5.80. The van der Waals surface area contributed by atoms with Gasteiger partial charge in [0.25, 0.3) is 0 Å². The Bertz CT molecular complexity index is 348. The number of piperidine rings is 2. The molecule has 0 atom stereocenters. The summed E-state index contributed by atoms with van der Waals surface area (Å²) in [6.45, 7) is 3.21. The molecule has 2 fully saturated rings. The minimum atomic E-state index is -0.216. The quantitative estimate of drug-likeness (QED) is 0.339. The number of aliphatic hydroxyl groups excluding tert-OH is 1. The largest absolute Gasteiger partial charge is 0.393 e. The predicted molar refractivity (Wildman–Crippen MR) is 73.3 cm³/mol. The second kappa shape index (κ2) is 7.01. The van der Waals surface area contributed by atoms with Crippen LogP contribution in [-0.2, 0) is 9.59 Å². The van der Waals surface area contributed by atoms with Crippen molar-refractivity contribution in [2.75, 3.05) is 32.7 Å². The first kappa shape index (κ1) is 15.2. The van der Waals surface area contributed by atoms with Crippen molar-refractivity contribution in [1.29, 1.82) is 0 Å². The topological polar surface area (TPSA) is 98.9 Å². The molecule has 2 amide bonds. The Hall–Kier alpha value is -1.18. The SMILES string of the molecule is NNC(=O)C1CCN(C(=O)CN2CCC(O)CC2)CC1. The van der Waals surface area contributed by atoms with Gasteiger partial charge in [0.15, 0.2) is 0 Å². The van der Waals surface area contributed by atoms with Crippen LogP contribution < -0.4 is 11.3 Å². The Morgan fingerprint density at radius 2 is 1.70 bits per heavy atom. The molecule has 20 heavy (non-hydrogen) atoms. The van der Waals surface area contributed by atoms with E-state index >= 15 is 0 Å². The van der Waals surface area contributed by atoms with Crippen LogP contribution in [0.1, 0.15) is 25.7 Å². The molecule has 0 spiro atoms. The number of nitrogens with one attached hydrogen (secondary N) is 1. The van der Waals surface area contributed by atoms with Gasteiger partial charge in [-0.2, -0.15) is 0 Å². The first-order valence-corrected chi connectivity index (χ1v) is 7.29. The summed E-state index contributed by atoms with van der Waals surface area (Å²) < 4.78 is 0. The van der Waals surface area contributed by atoms with Crippen molar-refractivity contribution in [2.24, 2.45) is 11.8 Å². The van der Waals surface area contributed by atoms with E-state index in [1.54, 1.807) is 0 Å². The molecule has 114 valence electrons. The Morgan fingerprint density at radius 1 is 1.10 bits per heavy atom. The van der Waals surface area contributed by atoms with Gasteiger partial charge >= 0.3 is 0 Å². The molecule has 7 nitrogen and oxygen atoms in total. The van der Waals surface area contributed by atoms with Crippen molar-refractivity contribution in [3.8, 4) is 0 Å². The molecule has 2 rings (SSSR count). The summed E-state index contributed by atoms with van der Waals surface area (Å²) in [5, 5.41) is 9.44. The molecule has 0 bridgehead atoms. The molecule has 7 heteroatoms. The number of aliphatic hydroxyl groups is 1. The third kappa shape index (κ3) is 3.91. The van der Waals surface area contributed by atoms with E-state index in [9.17, 15) is 14.7 Å². The lowest BCUT2D eigenvalue weighted by atomic mass is 9.96. The highest BCUT2D eigenvalue weighted by Crippen LogP contribution is 2.18. The lowest BCUT2D eigenvalue weighted by Crippen LogP contribution is -2.48. The molecule has 0 unspecified atom stereocenters. The van der Waals surface area contributed by atoms with Crippen LogP contribution in [0.15, 0.2) is 0 Å². The third-order valence-corrected chi connectivity index (χ3v) is 4.28. The van der Waals surface area contributed by atoms with Crippen molar-refractivity contribution in [2.45, 2.75) is 31.8 Å². The second-order valence-electron chi connectivity index (χ2n) is 5.67. The zero-order valence-electron chi connectivity index (χ0n) is 11.8. The van der Waals surface area contributed by atoms with Crippen molar-refractivity contribution < 1.29 is 14.7 Å². The fourth-order valence-corrected chi connectivity index (χ4v) is 2.88. The Kier molecular flexibility index (Phi) is 5.33. The number of carbonyl (C=O) groups is 2. The van der Waals surface area contributed by atoms with E-state index in [0.29, 0.717) is 32.5 Å². The fourth-order valence-electron chi connectivity index (χ4n) is 2.88. The van der Waals surface area contributed by atoms with Gasteiger partial charge in [-0.3, -0.25) is 19.9 Å². The maximum atomic E-state index is 12.2. The molecule has 4 N–H and O–H groups in total. The van der Waals surface area contributed by atoms with Gasteiger partial charge in [0.1, 0.15) is 0 Å². The average molecular weight is 284 g/mol. The molecule has 2 saturated heterocycles. The van der Waals surface area contributed by atoms with Crippen LogP contribution in [0.4, 0.5) is 0 Å².